The minimum absolute atomic E-state index is 0.0760. The van der Waals surface area contributed by atoms with Gasteiger partial charge in [-0.2, -0.15) is 22.5 Å². The van der Waals surface area contributed by atoms with Gasteiger partial charge in [-0.1, -0.05) is 48.5 Å². The molecule has 0 saturated carbocycles. The molecule has 2 aromatic heterocycles. The lowest BCUT2D eigenvalue weighted by Gasteiger charge is -2.22. The van der Waals surface area contributed by atoms with Crippen LogP contribution >= 0.6 is 0 Å². The van der Waals surface area contributed by atoms with Gasteiger partial charge in [-0.05, 0) is 32.4 Å². The van der Waals surface area contributed by atoms with Gasteiger partial charge in [0.25, 0.3) is 0 Å². The number of halogens is 4. The molecule has 4 rings (SSSR count). The number of nitrogen functional groups attached to an aromatic ring is 1. The van der Waals surface area contributed by atoms with E-state index in [0.29, 0.717) is 16.7 Å². The van der Waals surface area contributed by atoms with E-state index in [9.17, 15) is 32.3 Å². The van der Waals surface area contributed by atoms with Gasteiger partial charge >= 0.3 is 24.3 Å². The van der Waals surface area contributed by atoms with Crippen molar-refractivity contribution < 1.29 is 41.7 Å². The quantitative estimate of drug-likeness (QED) is 0.159. The lowest BCUT2D eigenvalue weighted by Crippen LogP contribution is -2.44. The number of anilines is 1. The maximum Gasteiger partial charge on any atom is 0.429 e. The van der Waals surface area contributed by atoms with Crippen LogP contribution in [0, 0.1) is 6.08 Å². The highest BCUT2D eigenvalue weighted by Gasteiger charge is 2.43. The number of carboxylic acids is 1. The number of alkyl carbamates (subject to hydrolysis) is 1. The Hall–Kier alpha value is -5.34. The number of hydrogen-bond donors (Lipinski definition) is 3. The second kappa shape index (κ2) is 13.1. The van der Waals surface area contributed by atoms with E-state index in [0.717, 1.165) is 0 Å². The Labute approximate surface area is 254 Å². The molecule has 45 heavy (non-hydrogen) atoms. The highest BCUT2D eigenvalue weighted by molar-refractivity contribution is 5.80. The van der Waals surface area contributed by atoms with Crippen molar-refractivity contribution in [1.29, 1.82) is 0 Å². The summed E-state index contributed by atoms with van der Waals surface area (Å²) in [5, 5.41) is 11.9. The molecule has 2 heterocycles. The summed E-state index contributed by atoms with van der Waals surface area (Å²) in [4.78, 5) is 38.6. The zero-order chi connectivity index (χ0) is 32.9. The van der Waals surface area contributed by atoms with Crippen LogP contribution in [0.3, 0.4) is 0 Å². The predicted molar refractivity (Wildman–Crippen MR) is 153 cm³/mol. The summed E-state index contributed by atoms with van der Waals surface area (Å²) in [6, 6.07) is 12.6. The molecular weight excluding hydrogens is 600 g/mol. The third kappa shape index (κ3) is 9.08. The second-order valence-electron chi connectivity index (χ2n) is 10.8. The number of nitrogens with one attached hydrogen (secondary N) is 1. The third-order valence-electron chi connectivity index (χ3n) is 6.07. The van der Waals surface area contributed by atoms with Crippen molar-refractivity contribution in [1.82, 2.24) is 25.3 Å². The highest BCUT2D eigenvalue weighted by Crippen LogP contribution is 2.38. The van der Waals surface area contributed by atoms with Gasteiger partial charge in [0, 0.05) is 35.4 Å². The fourth-order valence-electron chi connectivity index (χ4n) is 4.12. The van der Waals surface area contributed by atoms with E-state index >= 15 is 0 Å². The summed E-state index contributed by atoms with van der Waals surface area (Å²) in [6.07, 6.45) is -8.02. The van der Waals surface area contributed by atoms with E-state index in [1.165, 1.54) is 42.6 Å². The third-order valence-corrected chi connectivity index (χ3v) is 6.07. The minimum Gasteiger partial charge on any atom is -0.480 e. The SMILES string of the molecule is CC(C)(C)OC(=O)N[C@@H](Cc1ccc(-c2cc(O[C@@H](c3ccc(-c4ccnc(F)n4)cc3)C(F)(F)F)nc(N)n2)cc1)C(=O)O. The first kappa shape index (κ1) is 32.6. The first-order valence-electron chi connectivity index (χ1n) is 13.4. The van der Waals surface area contributed by atoms with Crippen LogP contribution in [0.4, 0.5) is 28.3 Å². The van der Waals surface area contributed by atoms with Crippen LogP contribution in [-0.2, 0) is 16.0 Å². The van der Waals surface area contributed by atoms with Crippen LogP contribution in [0.1, 0.15) is 38.0 Å². The molecule has 1 amide bonds. The van der Waals surface area contributed by atoms with Crippen LogP contribution in [0.2, 0.25) is 0 Å². The van der Waals surface area contributed by atoms with E-state index in [1.807, 2.05) is 0 Å². The predicted octanol–water partition coefficient (Wildman–Crippen LogP) is 5.52. The second-order valence-corrected chi connectivity index (χ2v) is 10.8. The van der Waals surface area contributed by atoms with Crippen LogP contribution in [0.25, 0.3) is 22.5 Å². The molecule has 0 fully saturated rings. The number of carboxylic acid groups (broad SMARTS) is 1. The van der Waals surface area contributed by atoms with Crippen molar-refractivity contribution in [2.75, 3.05) is 5.73 Å². The van der Waals surface area contributed by atoms with Crippen LogP contribution < -0.4 is 15.8 Å². The first-order chi connectivity index (χ1) is 21.1. The Morgan fingerprint density at radius 1 is 0.933 bits per heavy atom. The zero-order valence-electron chi connectivity index (χ0n) is 24.2. The van der Waals surface area contributed by atoms with Gasteiger partial charge in [0.2, 0.25) is 17.9 Å². The molecule has 15 heteroatoms. The summed E-state index contributed by atoms with van der Waals surface area (Å²) in [7, 11) is 0. The van der Waals surface area contributed by atoms with Crippen molar-refractivity contribution in [3.63, 3.8) is 0 Å². The van der Waals surface area contributed by atoms with Gasteiger partial charge in [-0.15, -0.1) is 0 Å². The van der Waals surface area contributed by atoms with Crippen LogP contribution in [-0.4, -0.2) is 54.9 Å². The Morgan fingerprint density at radius 3 is 2.13 bits per heavy atom. The molecule has 0 spiro atoms. The molecule has 11 nitrogen and oxygen atoms in total. The fourth-order valence-corrected chi connectivity index (χ4v) is 4.12. The average molecular weight is 629 g/mol. The molecule has 2 aromatic carbocycles. The van der Waals surface area contributed by atoms with Gasteiger partial charge in [-0.3, -0.25) is 0 Å². The van der Waals surface area contributed by atoms with E-state index < -0.39 is 47.9 Å². The molecule has 4 N–H and O–H groups in total. The number of benzene rings is 2. The van der Waals surface area contributed by atoms with Crippen molar-refractivity contribution >= 4 is 18.0 Å². The molecule has 0 aliphatic rings. The Balaban J connectivity index is 1.52. The molecule has 2 atom stereocenters. The maximum absolute atomic E-state index is 14.1. The highest BCUT2D eigenvalue weighted by atomic mass is 19.4. The summed E-state index contributed by atoms with van der Waals surface area (Å²) in [5.74, 6) is -2.06. The Kier molecular flexibility index (Phi) is 9.49. The van der Waals surface area contributed by atoms with Crippen molar-refractivity contribution in [3.05, 3.63) is 84.1 Å². The van der Waals surface area contributed by atoms with E-state index in [1.54, 1.807) is 45.0 Å². The zero-order valence-corrected chi connectivity index (χ0v) is 24.2. The molecule has 0 bridgehead atoms. The monoisotopic (exact) mass is 628 g/mol. The van der Waals surface area contributed by atoms with Crippen LogP contribution in [0.5, 0.6) is 5.88 Å². The molecule has 0 aliphatic carbocycles. The van der Waals surface area contributed by atoms with Crippen molar-refractivity contribution in [2.45, 2.75) is 51.1 Å². The lowest BCUT2D eigenvalue weighted by molar-refractivity contribution is -0.198. The molecular formula is C30H28F4N6O5. The number of aromatic nitrogens is 4. The number of aliphatic carboxylic acids is 1. The van der Waals surface area contributed by atoms with Crippen molar-refractivity contribution in [3.8, 4) is 28.4 Å². The van der Waals surface area contributed by atoms with E-state index in [4.69, 9.17) is 15.2 Å². The summed E-state index contributed by atoms with van der Waals surface area (Å²) < 4.78 is 66.1. The minimum atomic E-state index is -4.85. The van der Waals surface area contributed by atoms with Gasteiger partial charge < -0.3 is 25.6 Å². The number of carbonyl (C=O) groups excluding carboxylic acids is 1. The molecule has 0 unspecified atom stereocenters. The van der Waals surface area contributed by atoms with Gasteiger partial charge in [0.15, 0.2) is 0 Å². The maximum atomic E-state index is 14.1. The number of nitrogens with zero attached hydrogens (tertiary/aromatic N) is 4. The molecule has 0 saturated heterocycles. The normalized spacial score (nSPS) is 13.0. The standard InChI is InChI=1S/C30H28F4N6O5/c1-29(2,3)45-28(43)39-22(25(41)42)14-16-4-6-18(7-5-16)21-15-23(40-27(35)38-21)44-24(30(32,33)34)19-10-8-17(9-11-19)20-12-13-36-26(31)37-20/h4-13,15,22,24H,14H2,1-3H3,(H,39,43)(H,41,42)(H2,35,38,40)/t22-,24-/m0/s1. The number of alkyl halides is 3. The smallest absolute Gasteiger partial charge is 0.429 e. The number of rotatable bonds is 9. The molecule has 0 aliphatic heterocycles. The topological polar surface area (TPSA) is 162 Å². The molecule has 4 aromatic rings. The molecule has 236 valence electrons. The van der Waals surface area contributed by atoms with Gasteiger partial charge in [-0.25, -0.2) is 24.5 Å². The first-order valence-corrected chi connectivity index (χ1v) is 13.4. The number of carbonyl (C=O) groups is 2. The van der Waals surface area contributed by atoms with Gasteiger partial charge in [0.1, 0.15) is 11.6 Å². The van der Waals surface area contributed by atoms with Crippen molar-refractivity contribution in [2.24, 2.45) is 0 Å². The molecule has 0 radical (unpaired) electrons. The van der Waals surface area contributed by atoms with Gasteiger partial charge in [0.05, 0.1) is 11.4 Å². The summed E-state index contributed by atoms with van der Waals surface area (Å²) >= 11 is 0. The number of hydrogen-bond acceptors (Lipinski definition) is 9. The van der Waals surface area contributed by atoms with E-state index in [2.05, 4.69) is 25.3 Å². The lowest BCUT2D eigenvalue weighted by atomic mass is 10.0. The Bertz CT molecular complexity index is 1660. The average Bonchev–Trinajstić information content (AvgIpc) is 2.94. The number of ether oxygens (including phenoxy) is 2. The van der Waals surface area contributed by atoms with Crippen LogP contribution in [0.15, 0.2) is 66.9 Å². The largest absolute Gasteiger partial charge is 0.480 e. The fraction of sp³-hybridized carbons (Fsp3) is 0.267. The van der Waals surface area contributed by atoms with E-state index in [-0.39, 0.29) is 29.3 Å². The number of amides is 1. The number of nitrogens with two attached hydrogens (primary N) is 1. The summed E-state index contributed by atoms with van der Waals surface area (Å²) in [5.41, 5.74) is 6.39. The Morgan fingerprint density at radius 2 is 1.56 bits per heavy atom. The summed E-state index contributed by atoms with van der Waals surface area (Å²) in [6.45, 7) is 4.93.